The first kappa shape index (κ1) is 19.2. The fourth-order valence-electron chi connectivity index (χ4n) is 2.72. The lowest BCUT2D eigenvalue weighted by molar-refractivity contribution is -0.115. The van der Waals surface area contributed by atoms with Gasteiger partial charge in [0.05, 0.1) is 26.3 Å². The van der Waals surface area contributed by atoms with Crippen LogP contribution < -0.4 is 20.1 Å². The molecule has 0 aliphatic carbocycles. The lowest BCUT2D eigenvalue weighted by atomic mass is 10.1. The highest BCUT2D eigenvalue weighted by Crippen LogP contribution is 2.31. The van der Waals surface area contributed by atoms with E-state index in [9.17, 15) is 9.18 Å². The molecule has 0 unspecified atom stereocenters. The summed E-state index contributed by atoms with van der Waals surface area (Å²) in [5, 5.41) is 6.03. The number of halogens is 1. The van der Waals surface area contributed by atoms with Crippen LogP contribution in [0.3, 0.4) is 0 Å². The second-order valence-corrected chi connectivity index (χ2v) is 6.08. The van der Waals surface area contributed by atoms with Gasteiger partial charge in [0.1, 0.15) is 17.3 Å². The van der Waals surface area contributed by atoms with Gasteiger partial charge in [0, 0.05) is 17.4 Å². The van der Waals surface area contributed by atoms with Crippen molar-refractivity contribution >= 4 is 23.0 Å². The molecule has 3 rings (SSSR count). The normalized spacial score (nSPS) is 10.2. The van der Waals surface area contributed by atoms with Crippen molar-refractivity contribution in [3.8, 4) is 11.5 Å². The third-order valence-corrected chi connectivity index (χ3v) is 4.16. The van der Waals surface area contributed by atoms with E-state index in [1.807, 2.05) is 30.3 Å². The minimum absolute atomic E-state index is 0.0202. The lowest BCUT2D eigenvalue weighted by Gasteiger charge is -2.13. The van der Waals surface area contributed by atoms with Crippen molar-refractivity contribution in [2.24, 2.45) is 0 Å². The van der Waals surface area contributed by atoms with E-state index in [1.165, 1.54) is 6.07 Å². The molecule has 0 bridgehead atoms. The average molecular weight is 380 g/mol. The Labute approximate surface area is 163 Å². The van der Waals surface area contributed by atoms with Gasteiger partial charge in [0.15, 0.2) is 0 Å². The summed E-state index contributed by atoms with van der Waals surface area (Å²) in [5.41, 5.74) is 2.57. The molecule has 144 valence electrons. The first-order chi connectivity index (χ1) is 13.6. The zero-order valence-electron chi connectivity index (χ0n) is 15.7. The molecule has 3 aromatic rings. The summed E-state index contributed by atoms with van der Waals surface area (Å²) in [6, 6.07) is 18.9. The molecule has 28 heavy (non-hydrogen) atoms. The van der Waals surface area contributed by atoms with Crippen LogP contribution in [0.5, 0.6) is 11.5 Å². The number of nitrogens with one attached hydrogen (secondary N) is 2. The Morgan fingerprint density at radius 3 is 2.32 bits per heavy atom. The van der Waals surface area contributed by atoms with E-state index in [-0.39, 0.29) is 18.1 Å². The van der Waals surface area contributed by atoms with E-state index >= 15 is 0 Å². The van der Waals surface area contributed by atoms with E-state index in [0.717, 1.165) is 11.4 Å². The number of rotatable bonds is 7. The molecule has 0 aliphatic rings. The van der Waals surface area contributed by atoms with E-state index in [1.54, 1.807) is 44.6 Å². The maximum Gasteiger partial charge on any atom is 0.228 e. The third kappa shape index (κ3) is 4.79. The molecule has 5 nitrogen and oxygen atoms in total. The van der Waals surface area contributed by atoms with Crippen LogP contribution in [0.15, 0.2) is 66.7 Å². The third-order valence-electron chi connectivity index (χ3n) is 4.16. The van der Waals surface area contributed by atoms with Crippen molar-refractivity contribution in [3.63, 3.8) is 0 Å². The average Bonchev–Trinajstić information content (AvgIpc) is 2.71. The van der Waals surface area contributed by atoms with Gasteiger partial charge in [-0.2, -0.15) is 0 Å². The van der Waals surface area contributed by atoms with Crippen LogP contribution in [-0.4, -0.2) is 20.1 Å². The van der Waals surface area contributed by atoms with Crippen LogP contribution in [0.2, 0.25) is 0 Å². The summed E-state index contributed by atoms with van der Waals surface area (Å²) >= 11 is 0. The van der Waals surface area contributed by atoms with E-state index in [4.69, 9.17) is 9.47 Å². The first-order valence-corrected chi connectivity index (χ1v) is 8.71. The molecule has 0 aliphatic heterocycles. The molecule has 6 heteroatoms. The number of carbonyl (C=O) groups excluding carboxylic acids is 1. The smallest absolute Gasteiger partial charge is 0.228 e. The number of hydrogen-bond acceptors (Lipinski definition) is 4. The molecule has 3 aromatic carbocycles. The molecule has 0 atom stereocenters. The zero-order chi connectivity index (χ0) is 19.9. The Morgan fingerprint density at radius 1 is 0.929 bits per heavy atom. The summed E-state index contributed by atoms with van der Waals surface area (Å²) < 4.78 is 24.3. The topological polar surface area (TPSA) is 59.6 Å². The summed E-state index contributed by atoms with van der Waals surface area (Å²) in [6.07, 6.45) is -0.0202. The van der Waals surface area contributed by atoms with Crippen molar-refractivity contribution in [1.82, 2.24) is 0 Å². The van der Waals surface area contributed by atoms with E-state index < -0.39 is 0 Å². The van der Waals surface area contributed by atoms with Gasteiger partial charge in [-0.25, -0.2) is 4.39 Å². The summed E-state index contributed by atoms with van der Waals surface area (Å²) in [7, 11) is 3.20. The highest BCUT2D eigenvalue weighted by atomic mass is 19.1. The fraction of sp³-hybridized carbons (Fsp3) is 0.136. The SMILES string of the molecule is COc1ccc(OC)c(Nc2ccc(NC(=O)Cc3ccccc3F)cc2)c1. The number of anilines is 3. The molecule has 0 aromatic heterocycles. The lowest BCUT2D eigenvalue weighted by Crippen LogP contribution is -2.15. The number of amides is 1. The number of ether oxygens (including phenoxy) is 2. The predicted octanol–water partition coefficient (Wildman–Crippen LogP) is 4.77. The standard InChI is InChI=1S/C22H21FN2O3/c1-27-18-11-12-21(28-2)20(14-18)24-16-7-9-17(10-8-16)25-22(26)13-15-5-3-4-6-19(15)23/h3-12,14,24H,13H2,1-2H3,(H,25,26). The van der Waals surface area contributed by atoms with Gasteiger partial charge in [-0.1, -0.05) is 18.2 Å². The highest BCUT2D eigenvalue weighted by Gasteiger charge is 2.09. The van der Waals surface area contributed by atoms with Crippen molar-refractivity contribution in [2.75, 3.05) is 24.9 Å². The number of benzene rings is 3. The van der Waals surface area contributed by atoms with Crippen molar-refractivity contribution in [3.05, 3.63) is 78.1 Å². The Bertz CT molecular complexity index is 958. The molecule has 0 heterocycles. The minimum Gasteiger partial charge on any atom is -0.497 e. The Kier molecular flexibility index (Phi) is 6.11. The molecule has 0 saturated heterocycles. The number of hydrogen-bond donors (Lipinski definition) is 2. The van der Waals surface area contributed by atoms with Gasteiger partial charge in [-0.3, -0.25) is 4.79 Å². The van der Waals surface area contributed by atoms with Crippen LogP contribution >= 0.6 is 0 Å². The maximum atomic E-state index is 13.7. The van der Waals surface area contributed by atoms with Gasteiger partial charge in [-0.05, 0) is 48.0 Å². The Hall–Kier alpha value is -3.54. The molecule has 1 amide bonds. The monoisotopic (exact) mass is 380 g/mol. The molecular formula is C22H21FN2O3. The van der Waals surface area contributed by atoms with Gasteiger partial charge >= 0.3 is 0 Å². The Balaban J connectivity index is 1.65. The molecule has 0 spiro atoms. The van der Waals surface area contributed by atoms with Crippen molar-refractivity contribution in [1.29, 1.82) is 0 Å². The summed E-state index contributed by atoms with van der Waals surface area (Å²) in [4.78, 5) is 12.1. The van der Waals surface area contributed by atoms with Crippen LogP contribution in [0.25, 0.3) is 0 Å². The van der Waals surface area contributed by atoms with E-state index in [2.05, 4.69) is 10.6 Å². The second kappa shape index (κ2) is 8.90. The predicted molar refractivity (Wildman–Crippen MR) is 108 cm³/mol. The van der Waals surface area contributed by atoms with Gasteiger partial charge in [0.2, 0.25) is 5.91 Å². The summed E-state index contributed by atoms with van der Waals surface area (Å²) in [5.74, 6) is 0.730. The van der Waals surface area contributed by atoms with Gasteiger partial charge in [0.25, 0.3) is 0 Å². The zero-order valence-corrected chi connectivity index (χ0v) is 15.7. The second-order valence-electron chi connectivity index (χ2n) is 6.08. The largest absolute Gasteiger partial charge is 0.497 e. The highest BCUT2D eigenvalue weighted by molar-refractivity contribution is 5.92. The van der Waals surface area contributed by atoms with Crippen LogP contribution in [0, 0.1) is 5.82 Å². The number of methoxy groups -OCH3 is 2. The maximum absolute atomic E-state index is 13.7. The van der Waals surface area contributed by atoms with Crippen molar-refractivity contribution < 1.29 is 18.7 Å². The van der Waals surface area contributed by atoms with Gasteiger partial charge in [-0.15, -0.1) is 0 Å². The minimum atomic E-state index is -0.385. The van der Waals surface area contributed by atoms with Crippen LogP contribution in [0.4, 0.5) is 21.5 Å². The van der Waals surface area contributed by atoms with E-state index in [0.29, 0.717) is 22.7 Å². The summed E-state index contributed by atoms with van der Waals surface area (Å²) in [6.45, 7) is 0. The quantitative estimate of drug-likeness (QED) is 0.620. The fourth-order valence-corrected chi connectivity index (χ4v) is 2.72. The molecule has 0 fully saturated rings. The van der Waals surface area contributed by atoms with Gasteiger partial charge < -0.3 is 20.1 Å². The molecule has 0 saturated carbocycles. The Morgan fingerprint density at radius 2 is 1.64 bits per heavy atom. The molecule has 0 radical (unpaired) electrons. The number of carbonyl (C=O) groups is 1. The molecule has 2 N–H and O–H groups in total. The van der Waals surface area contributed by atoms with Crippen LogP contribution in [-0.2, 0) is 11.2 Å². The molecular weight excluding hydrogens is 359 g/mol. The first-order valence-electron chi connectivity index (χ1n) is 8.71. The van der Waals surface area contributed by atoms with Crippen LogP contribution in [0.1, 0.15) is 5.56 Å². The van der Waals surface area contributed by atoms with Crippen molar-refractivity contribution in [2.45, 2.75) is 6.42 Å².